The maximum atomic E-state index is 13.7. The van der Waals surface area contributed by atoms with Gasteiger partial charge in [-0.2, -0.15) is 0 Å². The summed E-state index contributed by atoms with van der Waals surface area (Å²) in [6.07, 6.45) is 5.18. The molecule has 4 nitrogen and oxygen atoms in total. The highest BCUT2D eigenvalue weighted by atomic mass is 19.1. The first kappa shape index (κ1) is 17.8. The summed E-state index contributed by atoms with van der Waals surface area (Å²) >= 11 is 0. The number of anilines is 1. The van der Waals surface area contributed by atoms with Gasteiger partial charge in [-0.05, 0) is 37.1 Å². The van der Waals surface area contributed by atoms with E-state index in [1.165, 1.54) is 0 Å². The zero-order chi connectivity index (χ0) is 17.7. The zero-order valence-electron chi connectivity index (χ0n) is 14.1. The maximum Gasteiger partial charge on any atom is 0.125 e. The minimum Gasteiger partial charge on any atom is -0.381 e. The second kappa shape index (κ2) is 7.84. The van der Waals surface area contributed by atoms with Gasteiger partial charge >= 0.3 is 0 Å². The third-order valence-electron chi connectivity index (χ3n) is 3.80. The number of nitrogens with two attached hydrogens (primary N) is 1. The molecule has 5 heteroatoms. The largest absolute Gasteiger partial charge is 0.381 e. The van der Waals surface area contributed by atoms with Gasteiger partial charge in [-0.15, -0.1) is 6.58 Å². The van der Waals surface area contributed by atoms with Crippen molar-refractivity contribution >= 4 is 5.69 Å². The minimum atomic E-state index is -0.601. The number of hydrogen-bond acceptors (Lipinski definition) is 4. The van der Waals surface area contributed by atoms with Crippen molar-refractivity contribution in [3.8, 4) is 11.1 Å². The second-order valence-corrected chi connectivity index (χ2v) is 5.75. The van der Waals surface area contributed by atoms with Crippen molar-refractivity contribution in [2.24, 2.45) is 5.73 Å². The lowest BCUT2D eigenvalue weighted by molar-refractivity contribution is 0.486. The van der Waals surface area contributed by atoms with Crippen LogP contribution in [0.4, 0.5) is 10.1 Å². The van der Waals surface area contributed by atoms with Crippen molar-refractivity contribution in [3.05, 3.63) is 66.3 Å². The third-order valence-corrected chi connectivity index (χ3v) is 3.80. The van der Waals surface area contributed by atoms with E-state index in [0.29, 0.717) is 23.6 Å². The minimum absolute atomic E-state index is 0.395. The number of nitrogens with zero attached hydrogens (tertiary/aromatic N) is 2. The van der Waals surface area contributed by atoms with Crippen LogP contribution in [0, 0.1) is 6.92 Å². The number of halogens is 1. The van der Waals surface area contributed by atoms with Crippen molar-refractivity contribution in [1.82, 2.24) is 9.97 Å². The Hall–Kier alpha value is -2.53. The lowest BCUT2D eigenvalue weighted by Crippen LogP contribution is -2.16. The van der Waals surface area contributed by atoms with Gasteiger partial charge in [-0.25, -0.2) is 14.4 Å². The van der Waals surface area contributed by atoms with E-state index in [-0.39, 0.29) is 0 Å². The molecule has 0 saturated heterocycles. The second-order valence-electron chi connectivity index (χ2n) is 5.75. The fourth-order valence-corrected chi connectivity index (χ4v) is 2.44. The average Bonchev–Trinajstić information content (AvgIpc) is 2.59. The summed E-state index contributed by atoms with van der Waals surface area (Å²) in [5, 5.41) is 3.20. The van der Waals surface area contributed by atoms with Gasteiger partial charge in [-0.1, -0.05) is 18.2 Å². The van der Waals surface area contributed by atoms with Gasteiger partial charge in [0, 0.05) is 35.8 Å². The summed E-state index contributed by atoms with van der Waals surface area (Å²) in [7, 11) is 0. The van der Waals surface area contributed by atoms with Crippen LogP contribution in [0.25, 0.3) is 11.1 Å². The first-order valence-electron chi connectivity index (χ1n) is 7.75. The SMILES string of the molecule is C=CCNc1c(CF)cc(-c2cnc(C)nc2)cc1C(N)C(=C)C. The molecule has 0 aliphatic rings. The molecular formula is C19H23FN4. The number of aryl methyl sites for hydroxylation is 1. The summed E-state index contributed by atoms with van der Waals surface area (Å²) in [6.45, 7) is 11.2. The highest BCUT2D eigenvalue weighted by Crippen LogP contribution is 2.34. The molecule has 2 rings (SSSR count). The molecular weight excluding hydrogens is 303 g/mol. The van der Waals surface area contributed by atoms with Crippen molar-refractivity contribution in [2.45, 2.75) is 26.6 Å². The van der Waals surface area contributed by atoms with E-state index in [9.17, 15) is 4.39 Å². The van der Waals surface area contributed by atoms with E-state index in [1.54, 1.807) is 24.5 Å². The Morgan fingerprint density at radius 2 is 2.00 bits per heavy atom. The van der Waals surface area contributed by atoms with Gasteiger partial charge in [-0.3, -0.25) is 0 Å². The summed E-state index contributed by atoms with van der Waals surface area (Å²) in [4.78, 5) is 8.42. The molecule has 0 spiro atoms. The number of hydrogen-bond donors (Lipinski definition) is 2. The molecule has 24 heavy (non-hydrogen) atoms. The molecule has 0 saturated carbocycles. The molecule has 0 fully saturated rings. The quantitative estimate of drug-likeness (QED) is 0.752. The number of benzene rings is 1. The molecule has 0 radical (unpaired) electrons. The molecule has 0 bridgehead atoms. The van der Waals surface area contributed by atoms with E-state index < -0.39 is 12.7 Å². The summed E-state index contributed by atoms with van der Waals surface area (Å²) in [5.41, 5.74) is 10.8. The van der Waals surface area contributed by atoms with Gasteiger partial charge in [0.25, 0.3) is 0 Å². The molecule has 2 aromatic rings. The number of aromatic nitrogens is 2. The monoisotopic (exact) mass is 326 g/mol. The molecule has 3 N–H and O–H groups in total. The van der Waals surface area contributed by atoms with E-state index in [4.69, 9.17) is 5.73 Å². The Balaban J connectivity index is 2.62. The summed E-state index contributed by atoms with van der Waals surface area (Å²) in [6, 6.07) is 3.35. The average molecular weight is 326 g/mol. The Kier molecular flexibility index (Phi) is 5.82. The van der Waals surface area contributed by atoms with E-state index >= 15 is 0 Å². The Morgan fingerprint density at radius 1 is 1.33 bits per heavy atom. The van der Waals surface area contributed by atoms with E-state index in [1.807, 2.05) is 19.9 Å². The maximum absolute atomic E-state index is 13.7. The predicted octanol–water partition coefficient (Wildman–Crippen LogP) is 4.10. The highest BCUT2D eigenvalue weighted by Gasteiger charge is 2.17. The lowest BCUT2D eigenvalue weighted by atomic mass is 9.93. The van der Waals surface area contributed by atoms with Crippen molar-refractivity contribution < 1.29 is 4.39 Å². The Labute approximate surface area is 142 Å². The predicted molar refractivity (Wildman–Crippen MR) is 97.4 cm³/mol. The first-order valence-corrected chi connectivity index (χ1v) is 7.75. The Bertz CT molecular complexity index is 738. The van der Waals surface area contributed by atoms with Gasteiger partial charge < -0.3 is 11.1 Å². The van der Waals surface area contributed by atoms with Crippen LogP contribution in [0.1, 0.15) is 29.9 Å². The topological polar surface area (TPSA) is 63.8 Å². The lowest BCUT2D eigenvalue weighted by Gasteiger charge is -2.21. The van der Waals surface area contributed by atoms with Crippen LogP contribution in [0.3, 0.4) is 0 Å². The highest BCUT2D eigenvalue weighted by molar-refractivity contribution is 5.72. The standard InChI is InChI=1S/C19H23FN4/c1-5-6-22-19-15(9-20)7-14(8-17(19)18(21)12(2)3)16-10-23-13(4)24-11-16/h5,7-8,10-11,18,22H,1-2,6,9,21H2,3-4H3. The fraction of sp³-hybridized carbons (Fsp3) is 0.263. The number of alkyl halides is 1. The molecule has 1 heterocycles. The molecule has 126 valence electrons. The first-order chi connectivity index (χ1) is 11.5. The van der Waals surface area contributed by atoms with Crippen LogP contribution >= 0.6 is 0 Å². The molecule has 1 unspecified atom stereocenters. The smallest absolute Gasteiger partial charge is 0.125 e. The molecule has 1 aromatic carbocycles. The van der Waals surface area contributed by atoms with Crippen molar-refractivity contribution in [1.29, 1.82) is 0 Å². The summed E-state index contributed by atoms with van der Waals surface area (Å²) in [5.74, 6) is 0.688. The van der Waals surface area contributed by atoms with Gasteiger partial charge in [0.05, 0.1) is 6.04 Å². The molecule has 0 aliphatic carbocycles. The number of nitrogens with one attached hydrogen (secondary N) is 1. The van der Waals surface area contributed by atoms with Crippen molar-refractivity contribution in [2.75, 3.05) is 11.9 Å². The molecule has 1 atom stereocenters. The third kappa shape index (κ3) is 3.86. The van der Waals surface area contributed by atoms with Crippen LogP contribution in [-0.2, 0) is 6.67 Å². The normalized spacial score (nSPS) is 11.8. The van der Waals surface area contributed by atoms with Crippen LogP contribution in [0.15, 0.2) is 49.3 Å². The van der Waals surface area contributed by atoms with Crippen molar-refractivity contribution in [3.63, 3.8) is 0 Å². The number of rotatable bonds is 7. The van der Waals surface area contributed by atoms with Crippen LogP contribution < -0.4 is 11.1 Å². The molecule has 0 aliphatic heterocycles. The van der Waals surface area contributed by atoms with E-state index in [0.717, 1.165) is 22.3 Å². The Morgan fingerprint density at radius 3 is 2.54 bits per heavy atom. The van der Waals surface area contributed by atoms with Crippen LogP contribution in [-0.4, -0.2) is 16.5 Å². The van der Waals surface area contributed by atoms with Gasteiger partial charge in [0.15, 0.2) is 0 Å². The molecule has 1 aromatic heterocycles. The van der Waals surface area contributed by atoms with Crippen LogP contribution in [0.2, 0.25) is 0 Å². The van der Waals surface area contributed by atoms with Gasteiger partial charge in [0.2, 0.25) is 0 Å². The summed E-state index contributed by atoms with van der Waals surface area (Å²) < 4.78 is 13.7. The fourth-order valence-electron chi connectivity index (χ4n) is 2.44. The van der Waals surface area contributed by atoms with Gasteiger partial charge in [0.1, 0.15) is 12.5 Å². The zero-order valence-corrected chi connectivity index (χ0v) is 14.1. The van der Waals surface area contributed by atoms with Crippen LogP contribution in [0.5, 0.6) is 0 Å². The molecule has 0 amide bonds. The van der Waals surface area contributed by atoms with E-state index in [2.05, 4.69) is 28.4 Å².